The lowest BCUT2D eigenvalue weighted by Crippen LogP contribution is -2.36. The minimum Gasteiger partial charge on any atom is -0.489 e. The zero-order chi connectivity index (χ0) is 22.8. The van der Waals surface area contributed by atoms with Crippen LogP contribution in [0.2, 0.25) is 0 Å². The van der Waals surface area contributed by atoms with Gasteiger partial charge < -0.3 is 9.26 Å². The summed E-state index contributed by atoms with van der Waals surface area (Å²) in [6.45, 7) is 11.8. The van der Waals surface area contributed by atoms with E-state index in [-0.39, 0.29) is 23.3 Å². The van der Waals surface area contributed by atoms with Crippen molar-refractivity contribution >= 4 is 16.0 Å². The molecule has 0 aliphatic rings. The van der Waals surface area contributed by atoms with Crippen LogP contribution in [-0.2, 0) is 16.6 Å². The molecule has 0 atom stereocenters. The largest absolute Gasteiger partial charge is 0.489 e. The maximum absolute atomic E-state index is 13.4. The summed E-state index contributed by atoms with van der Waals surface area (Å²) in [6.07, 6.45) is 0. The Morgan fingerprint density at radius 3 is 2.16 bits per heavy atom. The van der Waals surface area contributed by atoms with Crippen molar-refractivity contribution in [1.82, 2.24) is 15.1 Å². The van der Waals surface area contributed by atoms with Crippen molar-refractivity contribution in [2.75, 3.05) is 10.8 Å². The lowest BCUT2D eigenvalue weighted by molar-refractivity contribution is 0.301. The molecule has 0 saturated heterocycles. The molecule has 0 bridgehead atoms. The van der Waals surface area contributed by atoms with Gasteiger partial charge in [-0.3, -0.25) is 0 Å². The van der Waals surface area contributed by atoms with E-state index in [0.717, 1.165) is 22.6 Å². The number of nitrogens with zero attached hydrogens (tertiary/aromatic N) is 4. The van der Waals surface area contributed by atoms with Crippen LogP contribution in [0.4, 0.5) is 5.95 Å². The molecule has 0 amide bonds. The Morgan fingerprint density at radius 2 is 1.65 bits per heavy atom. The number of benzene rings is 1. The highest BCUT2D eigenvalue weighted by Crippen LogP contribution is 2.25. The first-order valence-corrected chi connectivity index (χ1v) is 11.5. The van der Waals surface area contributed by atoms with Gasteiger partial charge in [0.25, 0.3) is 10.0 Å². The molecule has 3 rings (SSSR count). The molecule has 0 radical (unpaired) electrons. The Hall–Kier alpha value is -2.94. The summed E-state index contributed by atoms with van der Waals surface area (Å²) < 4.78 is 39.0. The fraction of sp³-hybridized carbons (Fsp3) is 0.409. The molecule has 0 aliphatic carbocycles. The lowest BCUT2D eigenvalue weighted by atomic mass is 10.2. The summed E-state index contributed by atoms with van der Waals surface area (Å²) in [5, 5.41) is 3.91. The zero-order valence-electron chi connectivity index (χ0n) is 18.7. The van der Waals surface area contributed by atoms with Crippen molar-refractivity contribution < 1.29 is 17.7 Å². The van der Waals surface area contributed by atoms with Gasteiger partial charge in [-0.2, -0.15) is 0 Å². The number of rotatable bonds is 8. The van der Waals surface area contributed by atoms with Gasteiger partial charge in [-0.15, -0.1) is 0 Å². The molecule has 1 aromatic carbocycles. The molecule has 3 aromatic rings. The molecule has 2 aromatic heterocycles. The third kappa shape index (κ3) is 5.22. The van der Waals surface area contributed by atoms with Crippen molar-refractivity contribution in [2.45, 2.75) is 53.0 Å². The highest BCUT2D eigenvalue weighted by Gasteiger charge is 2.28. The van der Waals surface area contributed by atoms with E-state index in [4.69, 9.17) is 9.26 Å². The van der Waals surface area contributed by atoms with E-state index in [2.05, 4.69) is 15.1 Å². The van der Waals surface area contributed by atoms with E-state index >= 15 is 0 Å². The second-order valence-electron chi connectivity index (χ2n) is 7.94. The normalized spacial score (nSPS) is 11.7. The summed E-state index contributed by atoms with van der Waals surface area (Å²) >= 11 is 0. The molecule has 166 valence electrons. The van der Waals surface area contributed by atoms with Crippen LogP contribution in [-0.4, -0.2) is 30.1 Å². The number of ether oxygens (including phenoxy) is 1. The molecule has 0 N–H and O–H groups in total. The van der Waals surface area contributed by atoms with Crippen LogP contribution in [0.15, 0.2) is 39.8 Å². The number of hydrogen-bond donors (Lipinski definition) is 0. The average Bonchev–Trinajstić information content (AvgIpc) is 3.01. The van der Waals surface area contributed by atoms with Gasteiger partial charge >= 0.3 is 0 Å². The van der Waals surface area contributed by atoms with Gasteiger partial charge in [-0.25, -0.2) is 22.7 Å². The van der Waals surface area contributed by atoms with Crippen molar-refractivity contribution in [3.63, 3.8) is 0 Å². The minimum absolute atomic E-state index is 0.0943. The first-order valence-electron chi connectivity index (χ1n) is 10.1. The van der Waals surface area contributed by atoms with Crippen LogP contribution in [0.5, 0.6) is 5.75 Å². The van der Waals surface area contributed by atoms with Crippen LogP contribution in [0.3, 0.4) is 0 Å². The quantitative estimate of drug-likeness (QED) is 0.515. The summed E-state index contributed by atoms with van der Waals surface area (Å²) in [4.78, 5) is 8.89. The topological polar surface area (TPSA) is 98.4 Å². The van der Waals surface area contributed by atoms with Crippen molar-refractivity contribution in [2.24, 2.45) is 5.92 Å². The molecule has 31 heavy (non-hydrogen) atoms. The highest BCUT2D eigenvalue weighted by molar-refractivity contribution is 7.92. The number of anilines is 1. The van der Waals surface area contributed by atoms with E-state index in [1.807, 2.05) is 47.6 Å². The first-order chi connectivity index (χ1) is 14.6. The van der Waals surface area contributed by atoms with Gasteiger partial charge in [0.15, 0.2) is 0 Å². The number of sulfonamides is 1. The van der Waals surface area contributed by atoms with Crippen LogP contribution >= 0.6 is 0 Å². The summed E-state index contributed by atoms with van der Waals surface area (Å²) in [7, 11) is -3.84. The molecule has 2 heterocycles. The maximum Gasteiger partial charge on any atom is 0.266 e. The third-order valence-corrected chi connectivity index (χ3v) is 6.46. The lowest BCUT2D eigenvalue weighted by Gasteiger charge is -2.24. The molecule has 0 unspecified atom stereocenters. The second-order valence-corrected chi connectivity index (χ2v) is 9.81. The standard InChI is InChI=1S/C22H28N4O4S/c1-14(2)12-26(22-23-15(3)11-16(4)24-22)31(27,28)20-9-7-19(8-10-20)29-13-21-17(5)25-30-18(21)6/h7-11,14H,12-13H2,1-6H3. The Labute approximate surface area is 183 Å². The highest BCUT2D eigenvalue weighted by atomic mass is 32.2. The smallest absolute Gasteiger partial charge is 0.266 e. The molecule has 0 aliphatic heterocycles. The molecule has 8 nitrogen and oxygen atoms in total. The monoisotopic (exact) mass is 444 g/mol. The summed E-state index contributed by atoms with van der Waals surface area (Å²) in [5.74, 6) is 1.54. The second kappa shape index (κ2) is 9.05. The van der Waals surface area contributed by atoms with Gasteiger partial charge in [0.2, 0.25) is 5.95 Å². The first kappa shape index (κ1) is 22.7. The summed E-state index contributed by atoms with van der Waals surface area (Å²) in [6, 6.07) is 8.17. The van der Waals surface area contributed by atoms with Gasteiger partial charge in [-0.1, -0.05) is 19.0 Å². The minimum atomic E-state index is -3.84. The van der Waals surface area contributed by atoms with E-state index in [1.165, 1.54) is 16.4 Å². The summed E-state index contributed by atoms with van der Waals surface area (Å²) in [5.41, 5.74) is 3.09. The van der Waals surface area contributed by atoms with Gasteiger partial charge in [0.1, 0.15) is 18.1 Å². The van der Waals surface area contributed by atoms with Crippen molar-refractivity contribution in [3.05, 3.63) is 58.7 Å². The van der Waals surface area contributed by atoms with E-state index < -0.39 is 10.0 Å². The molecule has 0 spiro atoms. The number of hydrogen-bond acceptors (Lipinski definition) is 7. The van der Waals surface area contributed by atoms with Crippen LogP contribution in [0.25, 0.3) is 0 Å². The predicted molar refractivity (Wildman–Crippen MR) is 118 cm³/mol. The van der Waals surface area contributed by atoms with E-state index in [1.54, 1.807) is 12.1 Å². The van der Waals surface area contributed by atoms with Gasteiger partial charge in [-0.05, 0) is 63.9 Å². The SMILES string of the molecule is Cc1cc(C)nc(N(CC(C)C)S(=O)(=O)c2ccc(OCc3c(C)noc3C)cc2)n1. The molecular formula is C22H28N4O4S. The Kier molecular flexibility index (Phi) is 6.64. The molecular weight excluding hydrogens is 416 g/mol. The van der Waals surface area contributed by atoms with Crippen LogP contribution in [0, 0.1) is 33.6 Å². The fourth-order valence-corrected chi connectivity index (χ4v) is 4.66. The zero-order valence-corrected chi connectivity index (χ0v) is 19.5. The van der Waals surface area contributed by atoms with Gasteiger partial charge in [0.05, 0.1) is 16.2 Å². The third-order valence-electron chi connectivity index (χ3n) is 4.70. The van der Waals surface area contributed by atoms with Gasteiger partial charge in [0, 0.05) is 17.9 Å². The molecule has 9 heteroatoms. The molecule has 0 saturated carbocycles. The van der Waals surface area contributed by atoms with E-state index in [9.17, 15) is 8.42 Å². The Balaban J connectivity index is 1.86. The van der Waals surface area contributed by atoms with E-state index in [0.29, 0.717) is 18.1 Å². The van der Waals surface area contributed by atoms with Crippen LogP contribution < -0.4 is 9.04 Å². The molecule has 0 fully saturated rings. The fourth-order valence-electron chi connectivity index (χ4n) is 3.14. The van der Waals surface area contributed by atoms with Crippen LogP contribution in [0.1, 0.15) is 42.3 Å². The Bertz CT molecular complexity index is 1120. The predicted octanol–water partition coefficient (Wildman–Crippen LogP) is 4.13. The Morgan fingerprint density at radius 1 is 1.03 bits per heavy atom. The number of aryl methyl sites for hydroxylation is 4. The number of aromatic nitrogens is 3. The maximum atomic E-state index is 13.4. The average molecular weight is 445 g/mol. The van der Waals surface area contributed by atoms with Crippen molar-refractivity contribution in [3.8, 4) is 5.75 Å². The van der Waals surface area contributed by atoms with Crippen molar-refractivity contribution in [1.29, 1.82) is 0 Å².